The Balaban J connectivity index is 2.77. The van der Waals surface area contributed by atoms with Crippen molar-refractivity contribution in [3.8, 4) is 0 Å². The molecule has 0 aliphatic rings. The van der Waals surface area contributed by atoms with Gasteiger partial charge in [-0.2, -0.15) is 0 Å². The van der Waals surface area contributed by atoms with Gasteiger partial charge in [0, 0.05) is 18.7 Å². The summed E-state index contributed by atoms with van der Waals surface area (Å²) in [5.41, 5.74) is 1.99. The zero-order valence-electron chi connectivity index (χ0n) is 12.1. The third-order valence-electron chi connectivity index (χ3n) is 2.95. The molecule has 0 aliphatic carbocycles. The summed E-state index contributed by atoms with van der Waals surface area (Å²) >= 11 is 0. The SMILES string of the molecule is CCCCN(CC(C)C)C(=O)c1ccc(C)cc1. The first-order valence-electron chi connectivity index (χ1n) is 6.90. The number of hydrogen-bond donors (Lipinski definition) is 0. The third kappa shape index (κ3) is 4.52. The van der Waals surface area contributed by atoms with Gasteiger partial charge in [0.25, 0.3) is 5.91 Å². The summed E-state index contributed by atoms with van der Waals surface area (Å²) in [5, 5.41) is 0. The molecule has 0 bridgehead atoms. The Labute approximate surface area is 111 Å². The van der Waals surface area contributed by atoms with Crippen molar-refractivity contribution < 1.29 is 4.79 Å². The molecule has 0 unspecified atom stereocenters. The van der Waals surface area contributed by atoms with Crippen LogP contribution < -0.4 is 0 Å². The molecule has 18 heavy (non-hydrogen) atoms. The van der Waals surface area contributed by atoms with E-state index in [-0.39, 0.29) is 5.91 Å². The Hall–Kier alpha value is -1.31. The van der Waals surface area contributed by atoms with E-state index in [1.54, 1.807) is 0 Å². The molecular formula is C16H25NO. The van der Waals surface area contributed by atoms with Gasteiger partial charge in [-0.25, -0.2) is 0 Å². The van der Waals surface area contributed by atoms with E-state index in [0.29, 0.717) is 5.92 Å². The third-order valence-corrected chi connectivity index (χ3v) is 2.95. The first-order valence-corrected chi connectivity index (χ1v) is 6.90. The van der Waals surface area contributed by atoms with Crippen LogP contribution in [0.1, 0.15) is 49.5 Å². The normalized spacial score (nSPS) is 10.7. The fourth-order valence-corrected chi connectivity index (χ4v) is 1.94. The smallest absolute Gasteiger partial charge is 0.253 e. The highest BCUT2D eigenvalue weighted by Crippen LogP contribution is 2.10. The van der Waals surface area contributed by atoms with Crippen LogP contribution in [-0.2, 0) is 0 Å². The van der Waals surface area contributed by atoms with Gasteiger partial charge in [-0.3, -0.25) is 4.79 Å². The van der Waals surface area contributed by atoms with Crippen LogP contribution in [0.4, 0.5) is 0 Å². The lowest BCUT2D eigenvalue weighted by molar-refractivity contribution is 0.0733. The van der Waals surface area contributed by atoms with E-state index < -0.39 is 0 Å². The number of aryl methyl sites for hydroxylation is 1. The fourth-order valence-electron chi connectivity index (χ4n) is 1.94. The minimum atomic E-state index is 0.164. The van der Waals surface area contributed by atoms with Crippen molar-refractivity contribution >= 4 is 5.91 Å². The van der Waals surface area contributed by atoms with Crippen molar-refractivity contribution in [2.45, 2.75) is 40.5 Å². The molecular weight excluding hydrogens is 222 g/mol. The summed E-state index contributed by atoms with van der Waals surface area (Å²) in [6.45, 7) is 10.2. The highest BCUT2D eigenvalue weighted by molar-refractivity contribution is 5.94. The van der Waals surface area contributed by atoms with Gasteiger partial charge in [-0.05, 0) is 31.4 Å². The standard InChI is InChI=1S/C16H25NO/c1-5-6-11-17(12-13(2)3)16(18)15-9-7-14(4)8-10-15/h7-10,13H,5-6,11-12H2,1-4H3. The molecule has 0 aliphatic heterocycles. The molecule has 1 amide bonds. The quantitative estimate of drug-likeness (QED) is 0.746. The van der Waals surface area contributed by atoms with Crippen molar-refractivity contribution in [2.75, 3.05) is 13.1 Å². The van der Waals surface area contributed by atoms with Gasteiger partial charge in [0.1, 0.15) is 0 Å². The maximum Gasteiger partial charge on any atom is 0.253 e. The van der Waals surface area contributed by atoms with Crippen LogP contribution in [0, 0.1) is 12.8 Å². The van der Waals surface area contributed by atoms with Crippen molar-refractivity contribution in [2.24, 2.45) is 5.92 Å². The number of nitrogens with zero attached hydrogens (tertiary/aromatic N) is 1. The molecule has 0 saturated heterocycles. The zero-order chi connectivity index (χ0) is 13.5. The zero-order valence-corrected chi connectivity index (χ0v) is 12.1. The van der Waals surface area contributed by atoms with Crippen molar-refractivity contribution in [1.29, 1.82) is 0 Å². The summed E-state index contributed by atoms with van der Waals surface area (Å²) in [5.74, 6) is 0.674. The Morgan fingerprint density at radius 1 is 1.22 bits per heavy atom. The summed E-state index contributed by atoms with van der Waals surface area (Å²) in [6.07, 6.45) is 2.19. The second-order valence-corrected chi connectivity index (χ2v) is 5.36. The van der Waals surface area contributed by atoms with E-state index in [4.69, 9.17) is 0 Å². The van der Waals surface area contributed by atoms with Crippen LogP contribution in [0.3, 0.4) is 0 Å². The molecule has 0 heterocycles. The van der Waals surface area contributed by atoms with E-state index in [1.165, 1.54) is 5.56 Å². The summed E-state index contributed by atoms with van der Waals surface area (Å²) in [4.78, 5) is 14.4. The molecule has 2 nitrogen and oxygen atoms in total. The Kier molecular flexibility index (Phi) is 5.90. The van der Waals surface area contributed by atoms with Crippen LogP contribution >= 0.6 is 0 Å². The monoisotopic (exact) mass is 247 g/mol. The van der Waals surface area contributed by atoms with E-state index in [9.17, 15) is 4.79 Å². The Bertz CT molecular complexity index is 367. The maximum absolute atomic E-state index is 12.4. The molecule has 0 fully saturated rings. The number of benzene rings is 1. The molecule has 1 aromatic carbocycles. The second kappa shape index (κ2) is 7.20. The lowest BCUT2D eigenvalue weighted by atomic mass is 10.1. The van der Waals surface area contributed by atoms with Crippen molar-refractivity contribution in [1.82, 2.24) is 4.90 Å². The van der Waals surface area contributed by atoms with Gasteiger partial charge in [-0.15, -0.1) is 0 Å². The molecule has 0 aromatic heterocycles. The minimum Gasteiger partial charge on any atom is -0.338 e. The van der Waals surface area contributed by atoms with E-state index in [0.717, 1.165) is 31.5 Å². The number of unbranched alkanes of at least 4 members (excludes halogenated alkanes) is 1. The summed E-state index contributed by atoms with van der Waals surface area (Å²) < 4.78 is 0. The van der Waals surface area contributed by atoms with Gasteiger partial charge in [0.15, 0.2) is 0 Å². The number of amides is 1. The molecule has 0 spiro atoms. The Morgan fingerprint density at radius 3 is 2.33 bits per heavy atom. The van der Waals surface area contributed by atoms with Crippen LogP contribution in [0.15, 0.2) is 24.3 Å². The lowest BCUT2D eigenvalue weighted by Crippen LogP contribution is -2.35. The van der Waals surface area contributed by atoms with Gasteiger partial charge in [0.2, 0.25) is 0 Å². The average Bonchev–Trinajstić information content (AvgIpc) is 2.34. The van der Waals surface area contributed by atoms with Crippen LogP contribution in [0.5, 0.6) is 0 Å². The number of rotatable bonds is 6. The predicted octanol–water partition coefficient (Wildman–Crippen LogP) is 3.89. The summed E-state index contributed by atoms with van der Waals surface area (Å²) in [6, 6.07) is 7.86. The van der Waals surface area contributed by atoms with Gasteiger partial charge in [-0.1, -0.05) is 44.9 Å². The number of hydrogen-bond acceptors (Lipinski definition) is 1. The molecule has 1 aromatic rings. The second-order valence-electron chi connectivity index (χ2n) is 5.36. The minimum absolute atomic E-state index is 0.164. The maximum atomic E-state index is 12.4. The van der Waals surface area contributed by atoms with Gasteiger partial charge < -0.3 is 4.90 Å². The molecule has 100 valence electrons. The van der Waals surface area contributed by atoms with E-state index in [1.807, 2.05) is 36.1 Å². The predicted molar refractivity (Wildman–Crippen MR) is 76.8 cm³/mol. The summed E-state index contributed by atoms with van der Waals surface area (Å²) in [7, 11) is 0. The molecule has 0 atom stereocenters. The molecule has 0 N–H and O–H groups in total. The molecule has 1 rings (SSSR count). The van der Waals surface area contributed by atoms with Crippen molar-refractivity contribution in [3.63, 3.8) is 0 Å². The van der Waals surface area contributed by atoms with Gasteiger partial charge >= 0.3 is 0 Å². The van der Waals surface area contributed by atoms with Crippen LogP contribution in [0.25, 0.3) is 0 Å². The highest BCUT2D eigenvalue weighted by Gasteiger charge is 2.15. The molecule has 2 heteroatoms. The van der Waals surface area contributed by atoms with E-state index in [2.05, 4.69) is 20.8 Å². The van der Waals surface area contributed by atoms with Crippen molar-refractivity contribution in [3.05, 3.63) is 35.4 Å². The number of carbonyl (C=O) groups is 1. The highest BCUT2D eigenvalue weighted by atomic mass is 16.2. The first-order chi connectivity index (χ1) is 8.54. The van der Waals surface area contributed by atoms with Crippen LogP contribution in [-0.4, -0.2) is 23.9 Å². The number of carbonyl (C=O) groups excluding carboxylic acids is 1. The van der Waals surface area contributed by atoms with Crippen LogP contribution in [0.2, 0.25) is 0 Å². The topological polar surface area (TPSA) is 20.3 Å². The first kappa shape index (κ1) is 14.7. The van der Waals surface area contributed by atoms with E-state index >= 15 is 0 Å². The molecule has 0 saturated carbocycles. The average molecular weight is 247 g/mol. The Morgan fingerprint density at radius 2 is 1.83 bits per heavy atom. The fraction of sp³-hybridized carbons (Fsp3) is 0.562. The molecule has 0 radical (unpaired) electrons. The largest absolute Gasteiger partial charge is 0.338 e. The lowest BCUT2D eigenvalue weighted by Gasteiger charge is -2.24. The van der Waals surface area contributed by atoms with Gasteiger partial charge in [0.05, 0.1) is 0 Å².